The molecule has 0 fully saturated rings. The van der Waals surface area contributed by atoms with Crippen LogP contribution in [0.2, 0.25) is 0 Å². The number of carbonyl (C=O) groups excluding carboxylic acids is 1. The second kappa shape index (κ2) is 8.42. The van der Waals surface area contributed by atoms with Gasteiger partial charge in [-0.15, -0.1) is 10.2 Å². The number of anilines is 1. The Morgan fingerprint density at radius 1 is 1.09 bits per heavy atom. The van der Waals surface area contributed by atoms with E-state index in [0.29, 0.717) is 29.3 Å². The molecule has 5 aromatic rings. The van der Waals surface area contributed by atoms with Crippen LogP contribution in [0.1, 0.15) is 28.6 Å². The van der Waals surface area contributed by atoms with E-state index in [9.17, 15) is 4.79 Å². The zero-order chi connectivity index (χ0) is 23.1. The largest absolute Gasteiger partial charge is 0.486 e. The van der Waals surface area contributed by atoms with Crippen molar-refractivity contribution in [1.29, 1.82) is 0 Å². The molecule has 1 aliphatic rings. The van der Waals surface area contributed by atoms with Gasteiger partial charge in [-0.1, -0.05) is 52.3 Å². The zero-order valence-electron chi connectivity index (χ0n) is 17.9. The first-order valence-corrected chi connectivity index (χ1v) is 11.7. The van der Waals surface area contributed by atoms with Gasteiger partial charge in [0.1, 0.15) is 17.5 Å². The van der Waals surface area contributed by atoms with Gasteiger partial charge in [0.15, 0.2) is 0 Å². The smallest absolute Gasteiger partial charge is 0.272 e. The van der Waals surface area contributed by atoms with Gasteiger partial charge < -0.3 is 14.6 Å². The Hall–Kier alpha value is -3.98. The standard InChI is InChI=1S/C25H19BrN6O2/c26-16-9-10-20(19(14-16)24-28-30-31-29-24)27-25(33)21-13-15-5-4-8-18-22(11-12-32(21)23(15)18)34-17-6-2-1-3-7-17/h1-10,13-14,22H,11-12H2,(H,27,33)(H,28,29,30,31). The van der Waals surface area contributed by atoms with Crippen molar-refractivity contribution in [2.75, 3.05) is 5.32 Å². The Labute approximate surface area is 203 Å². The lowest BCUT2D eigenvalue weighted by atomic mass is 10.0. The fourth-order valence-corrected chi connectivity index (χ4v) is 4.86. The van der Waals surface area contributed by atoms with Crippen molar-refractivity contribution in [3.8, 4) is 17.1 Å². The number of ether oxygens (including phenoxy) is 1. The number of nitrogens with one attached hydrogen (secondary N) is 2. The summed E-state index contributed by atoms with van der Waals surface area (Å²) >= 11 is 3.47. The number of H-pyrrole nitrogens is 1. The predicted molar refractivity (Wildman–Crippen MR) is 132 cm³/mol. The van der Waals surface area contributed by atoms with E-state index in [2.05, 4.69) is 52.5 Å². The molecule has 1 amide bonds. The van der Waals surface area contributed by atoms with Crippen LogP contribution in [-0.4, -0.2) is 31.1 Å². The molecule has 0 spiro atoms. The Bertz CT molecular complexity index is 1500. The third kappa shape index (κ3) is 3.63. The van der Waals surface area contributed by atoms with E-state index in [1.807, 2.05) is 66.7 Å². The number of hydrogen-bond acceptors (Lipinski definition) is 5. The summed E-state index contributed by atoms with van der Waals surface area (Å²) in [4.78, 5) is 13.4. The average Bonchev–Trinajstić information content (AvgIpc) is 3.52. The molecule has 0 bridgehead atoms. The van der Waals surface area contributed by atoms with Crippen LogP contribution in [0.15, 0.2) is 77.3 Å². The number of tetrazole rings is 1. The first-order valence-electron chi connectivity index (χ1n) is 10.9. The van der Waals surface area contributed by atoms with Crippen molar-refractivity contribution >= 4 is 38.4 Å². The molecule has 0 aliphatic carbocycles. The molecule has 1 aliphatic heterocycles. The van der Waals surface area contributed by atoms with Gasteiger partial charge in [-0.3, -0.25) is 4.79 Å². The van der Waals surface area contributed by atoms with Gasteiger partial charge in [0.05, 0.1) is 11.2 Å². The fraction of sp³-hybridized carbons (Fsp3) is 0.120. The quantitative estimate of drug-likeness (QED) is 0.329. The lowest BCUT2D eigenvalue weighted by Gasteiger charge is -2.27. The normalized spacial score (nSPS) is 14.8. The Morgan fingerprint density at radius 3 is 2.79 bits per heavy atom. The fourth-order valence-electron chi connectivity index (χ4n) is 4.49. The Morgan fingerprint density at radius 2 is 1.97 bits per heavy atom. The number of aryl methyl sites for hydroxylation is 1. The number of carbonyl (C=O) groups is 1. The average molecular weight is 515 g/mol. The molecule has 0 saturated carbocycles. The number of amides is 1. The summed E-state index contributed by atoms with van der Waals surface area (Å²) in [6.07, 6.45) is 0.697. The van der Waals surface area contributed by atoms with Crippen LogP contribution < -0.4 is 10.1 Å². The van der Waals surface area contributed by atoms with Gasteiger partial charge in [0.25, 0.3) is 5.91 Å². The van der Waals surface area contributed by atoms with Crippen molar-refractivity contribution in [2.45, 2.75) is 19.1 Å². The molecule has 3 aromatic carbocycles. The maximum atomic E-state index is 13.4. The highest BCUT2D eigenvalue weighted by Gasteiger charge is 2.27. The molecule has 2 N–H and O–H groups in total. The van der Waals surface area contributed by atoms with Crippen LogP contribution in [0.5, 0.6) is 5.75 Å². The third-order valence-electron chi connectivity index (χ3n) is 5.98. The van der Waals surface area contributed by atoms with Crippen molar-refractivity contribution in [1.82, 2.24) is 25.2 Å². The number of nitrogens with zero attached hydrogens (tertiary/aromatic N) is 4. The molecule has 3 heterocycles. The van der Waals surface area contributed by atoms with Crippen LogP contribution in [0, 0.1) is 0 Å². The molecule has 9 heteroatoms. The number of halogens is 1. The number of rotatable bonds is 5. The molecule has 0 saturated heterocycles. The number of hydrogen-bond donors (Lipinski definition) is 2. The van der Waals surface area contributed by atoms with E-state index < -0.39 is 0 Å². The molecule has 1 atom stereocenters. The van der Waals surface area contributed by atoms with Crippen LogP contribution >= 0.6 is 15.9 Å². The first-order chi connectivity index (χ1) is 16.7. The molecule has 34 heavy (non-hydrogen) atoms. The maximum absolute atomic E-state index is 13.4. The zero-order valence-corrected chi connectivity index (χ0v) is 19.5. The monoisotopic (exact) mass is 514 g/mol. The molecular weight excluding hydrogens is 496 g/mol. The van der Waals surface area contributed by atoms with E-state index >= 15 is 0 Å². The summed E-state index contributed by atoms with van der Waals surface area (Å²) in [5.74, 6) is 1.05. The Kier molecular flexibility index (Phi) is 5.10. The lowest BCUT2D eigenvalue weighted by molar-refractivity contribution is 0.101. The molecule has 6 rings (SSSR count). The summed E-state index contributed by atoms with van der Waals surface area (Å²) in [7, 11) is 0. The summed E-state index contributed by atoms with van der Waals surface area (Å²) < 4.78 is 9.23. The molecule has 8 nitrogen and oxygen atoms in total. The van der Waals surface area contributed by atoms with E-state index in [1.165, 1.54) is 0 Å². The van der Waals surface area contributed by atoms with Gasteiger partial charge in [-0.2, -0.15) is 5.21 Å². The SMILES string of the molecule is O=C(Nc1ccc(Br)cc1-c1nn[nH]n1)c1cc2cccc3c2n1CCC3Oc1ccccc1. The second-order valence-corrected chi connectivity index (χ2v) is 8.97. The van der Waals surface area contributed by atoms with Crippen LogP contribution in [0.4, 0.5) is 5.69 Å². The summed E-state index contributed by atoms with van der Waals surface area (Å²) in [5, 5.41) is 18.3. The highest BCUT2D eigenvalue weighted by molar-refractivity contribution is 9.10. The van der Waals surface area contributed by atoms with Gasteiger partial charge in [-0.05, 0) is 41.6 Å². The van der Waals surface area contributed by atoms with Crippen LogP contribution in [-0.2, 0) is 6.54 Å². The molecule has 1 unspecified atom stereocenters. The maximum Gasteiger partial charge on any atom is 0.272 e. The van der Waals surface area contributed by atoms with Gasteiger partial charge in [-0.25, -0.2) is 0 Å². The minimum Gasteiger partial charge on any atom is -0.486 e. The molecule has 0 radical (unpaired) electrons. The lowest BCUT2D eigenvalue weighted by Crippen LogP contribution is -2.22. The highest BCUT2D eigenvalue weighted by atomic mass is 79.9. The van der Waals surface area contributed by atoms with Gasteiger partial charge in [0.2, 0.25) is 5.82 Å². The second-order valence-electron chi connectivity index (χ2n) is 8.05. The van der Waals surface area contributed by atoms with Crippen molar-refractivity contribution < 1.29 is 9.53 Å². The topological polar surface area (TPSA) is 97.7 Å². The highest BCUT2D eigenvalue weighted by Crippen LogP contribution is 2.37. The van der Waals surface area contributed by atoms with Crippen molar-refractivity contribution in [3.63, 3.8) is 0 Å². The van der Waals surface area contributed by atoms with E-state index in [4.69, 9.17) is 4.74 Å². The van der Waals surface area contributed by atoms with Crippen molar-refractivity contribution in [3.05, 3.63) is 88.5 Å². The predicted octanol–water partition coefficient (Wildman–Crippen LogP) is 5.36. The van der Waals surface area contributed by atoms with Crippen LogP contribution in [0.25, 0.3) is 22.3 Å². The number of aromatic amines is 1. The van der Waals surface area contributed by atoms with E-state index in [-0.39, 0.29) is 12.0 Å². The molecule has 168 valence electrons. The Balaban J connectivity index is 1.35. The van der Waals surface area contributed by atoms with Gasteiger partial charge >= 0.3 is 0 Å². The molecular formula is C25H19BrN6O2. The van der Waals surface area contributed by atoms with E-state index in [1.54, 1.807) is 0 Å². The minimum atomic E-state index is -0.198. The summed E-state index contributed by atoms with van der Waals surface area (Å²) in [5.41, 5.74) is 4.00. The van der Waals surface area contributed by atoms with Crippen molar-refractivity contribution in [2.24, 2.45) is 0 Å². The first kappa shape index (κ1) is 20.6. The number of benzene rings is 3. The summed E-state index contributed by atoms with van der Waals surface area (Å²) in [6, 6.07) is 23.4. The summed E-state index contributed by atoms with van der Waals surface area (Å²) in [6.45, 7) is 0.679. The third-order valence-corrected chi connectivity index (χ3v) is 6.48. The number of para-hydroxylation sites is 2. The number of aromatic nitrogens is 5. The van der Waals surface area contributed by atoms with Gasteiger partial charge in [0, 0.05) is 34.0 Å². The minimum absolute atomic E-state index is 0.0688. The van der Waals surface area contributed by atoms with Crippen LogP contribution in [0.3, 0.4) is 0 Å². The molecule has 2 aromatic heterocycles. The van der Waals surface area contributed by atoms with E-state index in [0.717, 1.165) is 33.1 Å².